The Morgan fingerprint density at radius 1 is 1.55 bits per heavy atom. The molecule has 0 aliphatic rings. The van der Waals surface area contributed by atoms with Crippen LogP contribution in [0.5, 0.6) is 0 Å². The summed E-state index contributed by atoms with van der Waals surface area (Å²) in [6, 6.07) is 3.74. The molecule has 0 aromatic carbocycles. The summed E-state index contributed by atoms with van der Waals surface area (Å²) in [5.74, 6) is 0. The van der Waals surface area contributed by atoms with E-state index in [9.17, 15) is 0 Å². The smallest absolute Gasteiger partial charge is 0.180 e. The van der Waals surface area contributed by atoms with Gasteiger partial charge < -0.3 is 0 Å². The zero-order chi connectivity index (χ0) is 8.27. The van der Waals surface area contributed by atoms with Crippen LogP contribution in [0.1, 0.15) is 18.2 Å². The van der Waals surface area contributed by atoms with E-state index in [-0.39, 0.29) is 5.69 Å². The highest BCUT2D eigenvalue weighted by atomic mass is 15.3. The third kappa shape index (κ3) is 1.20. The van der Waals surface area contributed by atoms with Crippen LogP contribution < -0.4 is 0 Å². The lowest BCUT2D eigenvalue weighted by atomic mass is 10.3. The Kier molecular flexibility index (Phi) is 1.89. The van der Waals surface area contributed by atoms with Crippen LogP contribution in [0, 0.1) is 22.7 Å². The van der Waals surface area contributed by atoms with Crippen LogP contribution in [0.15, 0.2) is 6.20 Å². The summed E-state index contributed by atoms with van der Waals surface area (Å²) < 4.78 is 1.57. The topological polar surface area (TPSA) is 65.4 Å². The van der Waals surface area contributed by atoms with Gasteiger partial charge in [0.25, 0.3) is 0 Å². The summed E-state index contributed by atoms with van der Waals surface area (Å²) in [5, 5.41) is 20.8. The van der Waals surface area contributed by atoms with Gasteiger partial charge in [-0.05, 0) is 6.92 Å². The minimum atomic E-state index is 0.203. The van der Waals surface area contributed by atoms with Crippen molar-refractivity contribution in [2.45, 2.75) is 13.5 Å². The largest absolute Gasteiger partial charge is 0.270 e. The molecule has 0 atom stereocenters. The number of rotatable bonds is 1. The Bertz CT molecular complexity index is 305. The monoisotopic (exact) mass is 146 g/mol. The fraction of sp³-hybridized carbons (Fsp3) is 0.286. The second-order valence-electron chi connectivity index (χ2n) is 1.97. The number of nitriles is 2. The van der Waals surface area contributed by atoms with Crippen LogP contribution in [0.4, 0.5) is 0 Å². The lowest BCUT2D eigenvalue weighted by Crippen LogP contribution is -1.93. The molecule has 0 N–H and O–H groups in total. The van der Waals surface area contributed by atoms with Crippen LogP contribution in [0.25, 0.3) is 0 Å². The van der Waals surface area contributed by atoms with Crippen molar-refractivity contribution in [3.63, 3.8) is 0 Å². The Balaban J connectivity index is 3.18. The molecule has 0 fully saturated rings. The minimum absolute atomic E-state index is 0.203. The normalized spacial score (nSPS) is 8.64. The van der Waals surface area contributed by atoms with Gasteiger partial charge in [0.2, 0.25) is 0 Å². The summed E-state index contributed by atoms with van der Waals surface area (Å²) in [5.41, 5.74) is 0.545. The number of nitrogens with zero attached hydrogens (tertiary/aromatic N) is 4. The van der Waals surface area contributed by atoms with Gasteiger partial charge in [0.15, 0.2) is 5.69 Å². The lowest BCUT2D eigenvalue weighted by molar-refractivity contribution is 0.657. The van der Waals surface area contributed by atoms with E-state index in [2.05, 4.69) is 5.10 Å². The lowest BCUT2D eigenvalue weighted by Gasteiger charge is -1.88. The number of aromatic nitrogens is 2. The molecule has 11 heavy (non-hydrogen) atoms. The van der Waals surface area contributed by atoms with Crippen LogP contribution in [-0.2, 0) is 6.54 Å². The maximum atomic E-state index is 8.50. The first-order valence-electron chi connectivity index (χ1n) is 3.19. The standard InChI is InChI=1S/C7H6N4/c1-2-11-5-6(3-8)7(4-9)10-11/h5H,2H2,1H3. The molecule has 0 saturated heterocycles. The van der Waals surface area contributed by atoms with E-state index in [1.165, 1.54) is 0 Å². The van der Waals surface area contributed by atoms with Crippen molar-refractivity contribution in [3.8, 4) is 12.1 Å². The van der Waals surface area contributed by atoms with Gasteiger partial charge in [-0.1, -0.05) is 0 Å². The van der Waals surface area contributed by atoms with Crippen molar-refractivity contribution in [2.75, 3.05) is 0 Å². The molecule has 1 heterocycles. The summed E-state index contributed by atoms with van der Waals surface area (Å²) in [6.07, 6.45) is 1.57. The highest BCUT2D eigenvalue weighted by molar-refractivity contribution is 5.38. The molecule has 1 aromatic rings. The minimum Gasteiger partial charge on any atom is -0.270 e. The molecule has 1 rings (SSSR count). The Morgan fingerprint density at radius 2 is 2.27 bits per heavy atom. The van der Waals surface area contributed by atoms with E-state index < -0.39 is 0 Å². The third-order valence-electron chi connectivity index (χ3n) is 1.31. The third-order valence-corrected chi connectivity index (χ3v) is 1.31. The molecule has 0 aliphatic heterocycles. The fourth-order valence-electron chi connectivity index (χ4n) is 0.748. The molecule has 4 nitrogen and oxygen atoms in total. The molecule has 0 saturated carbocycles. The van der Waals surface area contributed by atoms with E-state index in [0.29, 0.717) is 12.1 Å². The van der Waals surface area contributed by atoms with Crippen molar-refractivity contribution >= 4 is 0 Å². The van der Waals surface area contributed by atoms with Crippen molar-refractivity contribution in [2.24, 2.45) is 0 Å². The SMILES string of the molecule is CCn1cc(C#N)c(C#N)n1. The average Bonchev–Trinajstić information content (AvgIpc) is 2.46. The number of aryl methyl sites for hydroxylation is 1. The molecule has 0 bridgehead atoms. The predicted molar refractivity (Wildman–Crippen MR) is 37.3 cm³/mol. The van der Waals surface area contributed by atoms with E-state index in [0.717, 1.165) is 0 Å². The van der Waals surface area contributed by atoms with Gasteiger partial charge in [0, 0.05) is 12.7 Å². The fourth-order valence-corrected chi connectivity index (χ4v) is 0.748. The summed E-state index contributed by atoms with van der Waals surface area (Å²) >= 11 is 0. The Morgan fingerprint density at radius 3 is 2.64 bits per heavy atom. The van der Waals surface area contributed by atoms with Crippen molar-refractivity contribution < 1.29 is 0 Å². The van der Waals surface area contributed by atoms with E-state index in [1.807, 2.05) is 19.1 Å². The zero-order valence-electron chi connectivity index (χ0n) is 6.07. The maximum Gasteiger partial charge on any atom is 0.180 e. The van der Waals surface area contributed by atoms with Gasteiger partial charge in [-0.15, -0.1) is 0 Å². The first kappa shape index (κ1) is 7.30. The molecule has 0 spiro atoms. The van der Waals surface area contributed by atoms with Gasteiger partial charge in [0.1, 0.15) is 17.7 Å². The van der Waals surface area contributed by atoms with Crippen LogP contribution in [-0.4, -0.2) is 9.78 Å². The van der Waals surface area contributed by atoms with Gasteiger partial charge in [-0.25, -0.2) is 0 Å². The highest BCUT2D eigenvalue weighted by Crippen LogP contribution is 2.02. The zero-order valence-corrected chi connectivity index (χ0v) is 6.07. The molecule has 0 unspecified atom stereocenters. The first-order chi connectivity index (χ1) is 5.31. The highest BCUT2D eigenvalue weighted by Gasteiger charge is 2.05. The second-order valence-corrected chi connectivity index (χ2v) is 1.97. The van der Waals surface area contributed by atoms with Gasteiger partial charge in [-0.2, -0.15) is 15.6 Å². The predicted octanol–water partition coefficient (Wildman–Crippen LogP) is 0.646. The number of hydrogen-bond donors (Lipinski definition) is 0. The number of hydrogen-bond acceptors (Lipinski definition) is 3. The molecular formula is C7H6N4. The van der Waals surface area contributed by atoms with Crippen molar-refractivity contribution in [3.05, 3.63) is 17.5 Å². The quantitative estimate of drug-likeness (QED) is 0.584. The molecule has 54 valence electrons. The van der Waals surface area contributed by atoms with E-state index in [1.54, 1.807) is 10.9 Å². The average molecular weight is 146 g/mol. The molecule has 1 aromatic heterocycles. The van der Waals surface area contributed by atoms with Crippen LogP contribution >= 0.6 is 0 Å². The Labute approximate surface area is 64.3 Å². The molecule has 0 radical (unpaired) electrons. The van der Waals surface area contributed by atoms with Crippen LogP contribution in [0.3, 0.4) is 0 Å². The molecule has 0 amide bonds. The molecule has 4 heteroatoms. The molecular weight excluding hydrogens is 140 g/mol. The second kappa shape index (κ2) is 2.85. The summed E-state index contributed by atoms with van der Waals surface area (Å²) in [4.78, 5) is 0. The molecule has 0 aliphatic carbocycles. The van der Waals surface area contributed by atoms with E-state index in [4.69, 9.17) is 10.5 Å². The van der Waals surface area contributed by atoms with Crippen molar-refractivity contribution in [1.82, 2.24) is 9.78 Å². The van der Waals surface area contributed by atoms with Crippen LogP contribution in [0.2, 0.25) is 0 Å². The Hall–Kier alpha value is -1.81. The summed E-state index contributed by atoms with van der Waals surface area (Å²) in [7, 11) is 0. The van der Waals surface area contributed by atoms with E-state index >= 15 is 0 Å². The van der Waals surface area contributed by atoms with Gasteiger partial charge in [-0.3, -0.25) is 4.68 Å². The van der Waals surface area contributed by atoms with Crippen molar-refractivity contribution in [1.29, 1.82) is 10.5 Å². The maximum absolute atomic E-state index is 8.50. The van der Waals surface area contributed by atoms with Gasteiger partial charge >= 0.3 is 0 Å². The van der Waals surface area contributed by atoms with Gasteiger partial charge in [0.05, 0.1) is 0 Å². The summed E-state index contributed by atoms with van der Waals surface area (Å²) in [6.45, 7) is 2.58. The first-order valence-corrected chi connectivity index (χ1v) is 3.19.